The molecule has 21 heavy (non-hydrogen) atoms. The number of ether oxygens (including phenoxy) is 2. The Bertz CT molecular complexity index is 617. The standard InChI is InChI=1S/C16H19FN2O2/c1-20-15-6-3-11(9-16(15)21-2)7-8-19-14-5-4-12(18)10-13(14)17/h3-6,9-10,19H,7-8,18H2,1-2H3. The van der Waals surface area contributed by atoms with Crippen LogP contribution >= 0.6 is 0 Å². The highest BCUT2D eigenvalue weighted by Gasteiger charge is 2.05. The summed E-state index contributed by atoms with van der Waals surface area (Å²) in [4.78, 5) is 0. The highest BCUT2D eigenvalue weighted by atomic mass is 19.1. The van der Waals surface area contributed by atoms with Crippen LogP contribution in [0.2, 0.25) is 0 Å². The Morgan fingerprint density at radius 1 is 1.05 bits per heavy atom. The lowest BCUT2D eigenvalue weighted by molar-refractivity contribution is 0.354. The number of nitrogens with two attached hydrogens (primary N) is 1. The largest absolute Gasteiger partial charge is 0.493 e. The van der Waals surface area contributed by atoms with Gasteiger partial charge in [-0.2, -0.15) is 0 Å². The average Bonchev–Trinajstić information content (AvgIpc) is 2.49. The third kappa shape index (κ3) is 3.78. The summed E-state index contributed by atoms with van der Waals surface area (Å²) in [6.07, 6.45) is 0.740. The predicted octanol–water partition coefficient (Wildman–Crippen LogP) is 3.08. The van der Waals surface area contributed by atoms with Crippen LogP contribution in [0.1, 0.15) is 5.56 Å². The zero-order valence-electron chi connectivity index (χ0n) is 12.2. The molecular weight excluding hydrogens is 271 g/mol. The highest BCUT2D eigenvalue weighted by molar-refractivity contribution is 5.52. The third-order valence-electron chi connectivity index (χ3n) is 3.17. The Labute approximate surface area is 123 Å². The molecule has 0 fully saturated rings. The molecule has 2 aromatic carbocycles. The van der Waals surface area contributed by atoms with Gasteiger partial charge in [-0.25, -0.2) is 4.39 Å². The van der Waals surface area contributed by atoms with Gasteiger partial charge in [0.2, 0.25) is 0 Å². The maximum Gasteiger partial charge on any atom is 0.160 e. The molecule has 0 amide bonds. The molecule has 0 radical (unpaired) electrons. The van der Waals surface area contributed by atoms with Crippen molar-refractivity contribution in [2.45, 2.75) is 6.42 Å². The van der Waals surface area contributed by atoms with Crippen molar-refractivity contribution in [1.82, 2.24) is 0 Å². The van der Waals surface area contributed by atoms with E-state index in [0.29, 0.717) is 29.4 Å². The van der Waals surface area contributed by atoms with E-state index in [1.165, 1.54) is 6.07 Å². The van der Waals surface area contributed by atoms with Crippen molar-refractivity contribution in [3.63, 3.8) is 0 Å². The molecule has 2 rings (SSSR count). The first-order valence-corrected chi connectivity index (χ1v) is 6.64. The summed E-state index contributed by atoms with van der Waals surface area (Å²) in [6, 6.07) is 10.3. The van der Waals surface area contributed by atoms with Crippen LogP contribution in [0, 0.1) is 5.82 Å². The van der Waals surface area contributed by atoms with Gasteiger partial charge in [0.05, 0.1) is 19.9 Å². The lowest BCUT2D eigenvalue weighted by Crippen LogP contribution is -2.07. The maximum atomic E-state index is 13.6. The van der Waals surface area contributed by atoms with Crippen LogP contribution in [0.4, 0.5) is 15.8 Å². The second kappa shape index (κ2) is 6.83. The predicted molar refractivity (Wildman–Crippen MR) is 82.6 cm³/mol. The molecule has 0 saturated heterocycles. The van der Waals surface area contributed by atoms with Gasteiger partial charge in [0, 0.05) is 12.2 Å². The fraction of sp³-hybridized carbons (Fsp3) is 0.250. The Morgan fingerprint density at radius 2 is 1.81 bits per heavy atom. The number of rotatable bonds is 6. The number of benzene rings is 2. The van der Waals surface area contributed by atoms with Crippen molar-refractivity contribution >= 4 is 11.4 Å². The molecule has 2 aromatic rings. The molecule has 0 bridgehead atoms. The van der Waals surface area contributed by atoms with E-state index in [-0.39, 0.29) is 5.82 Å². The SMILES string of the molecule is COc1ccc(CCNc2ccc(N)cc2F)cc1OC. The fourth-order valence-electron chi connectivity index (χ4n) is 2.05. The second-order valence-corrected chi connectivity index (χ2v) is 4.61. The van der Waals surface area contributed by atoms with Crippen molar-refractivity contribution < 1.29 is 13.9 Å². The van der Waals surface area contributed by atoms with E-state index >= 15 is 0 Å². The van der Waals surface area contributed by atoms with E-state index in [4.69, 9.17) is 15.2 Å². The summed E-state index contributed by atoms with van der Waals surface area (Å²) in [6.45, 7) is 0.607. The molecule has 0 aliphatic rings. The molecule has 3 N–H and O–H groups in total. The van der Waals surface area contributed by atoms with Crippen LogP contribution in [-0.2, 0) is 6.42 Å². The van der Waals surface area contributed by atoms with Crippen LogP contribution < -0.4 is 20.5 Å². The van der Waals surface area contributed by atoms with E-state index < -0.39 is 0 Å². The quantitative estimate of drug-likeness (QED) is 0.803. The first-order chi connectivity index (χ1) is 10.1. The van der Waals surface area contributed by atoms with E-state index in [1.807, 2.05) is 18.2 Å². The van der Waals surface area contributed by atoms with Crippen LogP contribution in [-0.4, -0.2) is 20.8 Å². The molecule has 0 heterocycles. The van der Waals surface area contributed by atoms with Gasteiger partial charge < -0.3 is 20.5 Å². The van der Waals surface area contributed by atoms with Gasteiger partial charge in [0.25, 0.3) is 0 Å². The smallest absolute Gasteiger partial charge is 0.160 e. The van der Waals surface area contributed by atoms with Gasteiger partial charge in [0.1, 0.15) is 5.82 Å². The monoisotopic (exact) mass is 290 g/mol. The Morgan fingerprint density at radius 3 is 2.48 bits per heavy atom. The summed E-state index contributed by atoms with van der Waals surface area (Å²) in [5.41, 5.74) is 7.46. The first-order valence-electron chi connectivity index (χ1n) is 6.64. The van der Waals surface area contributed by atoms with Crippen LogP contribution in [0.15, 0.2) is 36.4 Å². The van der Waals surface area contributed by atoms with E-state index in [2.05, 4.69) is 5.32 Å². The zero-order valence-corrected chi connectivity index (χ0v) is 12.2. The van der Waals surface area contributed by atoms with Gasteiger partial charge >= 0.3 is 0 Å². The van der Waals surface area contributed by atoms with Crippen LogP contribution in [0.25, 0.3) is 0 Å². The summed E-state index contributed by atoms with van der Waals surface area (Å²) in [5.74, 6) is 1.04. The molecular formula is C16H19FN2O2. The topological polar surface area (TPSA) is 56.5 Å². The van der Waals surface area contributed by atoms with Crippen molar-refractivity contribution in [2.24, 2.45) is 0 Å². The first kappa shape index (κ1) is 15.0. The Hall–Kier alpha value is -2.43. The normalized spacial score (nSPS) is 10.2. The molecule has 0 saturated carbocycles. The molecule has 0 spiro atoms. The summed E-state index contributed by atoms with van der Waals surface area (Å²) in [5, 5.41) is 3.05. The minimum Gasteiger partial charge on any atom is -0.493 e. The number of anilines is 2. The Balaban J connectivity index is 1.97. The van der Waals surface area contributed by atoms with Gasteiger partial charge in [-0.05, 0) is 42.3 Å². The van der Waals surface area contributed by atoms with E-state index in [9.17, 15) is 4.39 Å². The van der Waals surface area contributed by atoms with Crippen molar-refractivity contribution in [2.75, 3.05) is 31.8 Å². The van der Waals surface area contributed by atoms with Gasteiger partial charge in [0.15, 0.2) is 11.5 Å². The minimum absolute atomic E-state index is 0.345. The molecule has 5 heteroatoms. The molecule has 0 aliphatic heterocycles. The molecule has 0 atom stereocenters. The second-order valence-electron chi connectivity index (χ2n) is 4.61. The molecule has 112 valence electrons. The van der Waals surface area contributed by atoms with Crippen molar-refractivity contribution in [3.8, 4) is 11.5 Å². The number of halogens is 1. The summed E-state index contributed by atoms with van der Waals surface area (Å²) in [7, 11) is 3.20. The number of hydrogen-bond donors (Lipinski definition) is 2. The fourth-order valence-corrected chi connectivity index (χ4v) is 2.05. The van der Waals surface area contributed by atoms with E-state index in [0.717, 1.165) is 12.0 Å². The van der Waals surface area contributed by atoms with Gasteiger partial charge in [-0.15, -0.1) is 0 Å². The maximum absolute atomic E-state index is 13.6. The van der Waals surface area contributed by atoms with Crippen molar-refractivity contribution in [3.05, 3.63) is 47.8 Å². The summed E-state index contributed by atoms with van der Waals surface area (Å²) < 4.78 is 24.1. The van der Waals surface area contributed by atoms with Gasteiger partial charge in [-0.1, -0.05) is 6.07 Å². The molecule has 0 aliphatic carbocycles. The van der Waals surface area contributed by atoms with E-state index in [1.54, 1.807) is 26.4 Å². The lowest BCUT2D eigenvalue weighted by Gasteiger charge is -2.11. The molecule has 0 aromatic heterocycles. The third-order valence-corrected chi connectivity index (χ3v) is 3.17. The minimum atomic E-state index is -0.345. The number of hydrogen-bond acceptors (Lipinski definition) is 4. The zero-order chi connectivity index (χ0) is 15.2. The Kier molecular flexibility index (Phi) is 4.87. The summed E-state index contributed by atoms with van der Waals surface area (Å²) >= 11 is 0. The van der Waals surface area contributed by atoms with Crippen molar-refractivity contribution in [1.29, 1.82) is 0 Å². The average molecular weight is 290 g/mol. The number of nitrogen functional groups attached to an aromatic ring is 1. The number of methoxy groups -OCH3 is 2. The molecule has 4 nitrogen and oxygen atoms in total. The lowest BCUT2D eigenvalue weighted by atomic mass is 10.1. The van der Waals surface area contributed by atoms with Crippen LogP contribution in [0.5, 0.6) is 11.5 Å². The van der Waals surface area contributed by atoms with Gasteiger partial charge in [-0.3, -0.25) is 0 Å². The highest BCUT2D eigenvalue weighted by Crippen LogP contribution is 2.27. The number of nitrogens with one attached hydrogen (secondary N) is 1. The molecule has 0 unspecified atom stereocenters. The van der Waals surface area contributed by atoms with Crippen LogP contribution in [0.3, 0.4) is 0 Å².